The van der Waals surface area contributed by atoms with Gasteiger partial charge in [0.2, 0.25) is 0 Å². The monoisotopic (exact) mass is 257 g/mol. The van der Waals surface area contributed by atoms with Crippen molar-refractivity contribution >= 4 is 21.6 Å². The number of hydrogen-bond donors (Lipinski definition) is 1. The van der Waals surface area contributed by atoms with Crippen molar-refractivity contribution in [3.63, 3.8) is 0 Å². The molecular weight excluding hydrogens is 242 g/mol. The fourth-order valence-corrected chi connectivity index (χ4v) is 1.54. The quantitative estimate of drug-likeness (QED) is 0.889. The molecule has 2 nitrogen and oxygen atoms in total. The average molecular weight is 258 g/mol. The van der Waals surface area contributed by atoms with Crippen molar-refractivity contribution in [2.45, 2.75) is 26.3 Å². The molecule has 0 aliphatic heterocycles. The van der Waals surface area contributed by atoms with Gasteiger partial charge < -0.3 is 10.1 Å². The number of methoxy groups -OCH3 is 1. The maximum atomic E-state index is 5.21. The first-order chi connectivity index (χ1) is 6.67. The Morgan fingerprint density at radius 3 is 2.79 bits per heavy atom. The van der Waals surface area contributed by atoms with Gasteiger partial charge in [0, 0.05) is 17.8 Å². The standard InChI is InChI=1S/C11H16BrNO/c1-4-8(2)13-9-5-6-10(12)11(7-9)14-3/h5-8,13H,4H2,1-3H3/t8-/m1/s1. The third-order valence-electron chi connectivity index (χ3n) is 2.18. The summed E-state index contributed by atoms with van der Waals surface area (Å²) in [6.07, 6.45) is 1.11. The molecule has 3 heteroatoms. The fourth-order valence-electron chi connectivity index (χ4n) is 1.14. The van der Waals surface area contributed by atoms with E-state index in [0.29, 0.717) is 6.04 Å². The summed E-state index contributed by atoms with van der Waals surface area (Å²) < 4.78 is 6.20. The molecule has 0 amide bonds. The van der Waals surface area contributed by atoms with Gasteiger partial charge in [-0.2, -0.15) is 0 Å². The van der Waals surface area contributed by atoms with Crippen LogP contribution in [0, 0.1) is 0 Å². The van der Waals surface area contributed by atoms with Crippen LogP contribution in [0.2, 0.25) is 0 Å². The van der Waals surface area contributed by atoms with Gasteiger partial charge in [0.05, 0.1) is 11.6 Å². The second-order valence-electron chi connectivity index (χ2n) is 3.30. The van der Waals surface area contributed by atoms with Crippen LogP contribution < -0.4 is 10.1 Å². The predicted octanol–water partition coefficient (Wildman–Crippen LogP) is 3.67. The molecule has 0 bridgehead atoms. The van der Waals surface area contributed by atoms with Crippen molar-refractivity contribution in [3.05, 3.63) is 22.7 Å². The second-order valence-corrected chi connectivity index (χ2v) is 4.16. The average Bonchev–Trinajstić information content (AvgIpc) is 2.20. The number of nitrogens with one attached hydrogen (secondary N) is 1. The van der Waals surface area contributed by atoms with Crippen LogP contribution in [0.15, 0.2) is 22.7 Å². The van der Waals surface area contributed by atoms with Crippen LogP contribution in [-0.4, -0.2) is 13.2 Å². The number of anilines is 1. The van der Waals surface area contributed by atoms with E-state index in [2.05, 4.69) is 35.1 Å². The van der Waals surface area contributed by atoms with E-state index in [0.717, 1.165) is 22.3 Å². The van der Waals surface area contributed by atoms with Gasteiger partial charge >= 0.3 is 0 Å². The van der Waals surface area contributed by atoms with E-state index in [9.17, 15) is 0 Å². The maximum Gasteiger partial charge on any atom is 0.135 e. The Bertz CT molecular complexity index is 301. The fraction of sp³-hybridized carbons (Fsp3) is 0.455. The molecule has 0 heterocycles. The Balaban J connectivity index is 2.79. The van der Waals surface area contributed by atoms with Gasteiger partial charge in [-0.15, -0.1) is 0 Å². The van der Waals surface area contributed by atoms with Gasteiger partial charge in [-0.25, -0.2) is 0 Å². The number of hydrogen-bond acceptors (Lipinski definition) is 2. The van der Waals surface area contributed by atoms with Crippen molar-refractivity contribution in [1.29, 1.82) is 0 Å². The molecule has 0 saturated heterocycles. The Hall–Kier alpha value is -0.700. The SMILES string of the molecule is CC[C@@H](C)Nc1ccc(Br)c(OC)c1. The van der Waals surface area contributed by atoms with Crippen LogP contribution in [0.5, 0.6) is 5.75 Å². The first kappa shape index (κ1) is 11.4. The molecule has 0 radical (unpaired) electrons. The lowest BCUT2D eigenvalue weighted by molar-refractivity contribution is 0.412. The lowest BCUT2D eigenvalue weighted by Gasteiger charge is -2.14. The summed E-state index contributed by atoms with van der Waals surface area (Å²) in [6, 6.07) is 6.51. The van der Waals surface area contributed by atoms with Crippen molar-refractivity contribution < 1.29 is 4.74 Å². The van der Waals surface area contributed by atoms with Crippen LogP contribution in [0.1, 0.15) is 20.3 Å². The van der Waals surface area contributed by atoms with E-state index in [1.54, 1.807) is 7.11 Å². The molecule has 1 aromatic carbocycles. The van der Waals surface area contributed by atoms with E-state index in [-0.39, 0.29) is 0 Å². The molecule has 0 spiro atoms. The lowest BCUT2D eigenvalue weighted by Crippen LogP contribution is -2.13. The third-order valence-corrected chi connectivity index (χ3v) is 2.83. The van der Waals surface area contributed by atoms with E-state index >= 15 is 0 Å². The van der Waals surface area contributed by atoms with Gasteiger partial charge in [0.15, 0.2) is 0 Å². The van der Waals surface area contributed by atoms with E-state index in [4.69, 9.17) is 4.74 Å². The number of ether oxygens (including phenoxy) is 1. The Morgan fingerprint density at radius 2 is 2.21 bits per heavy atom. The molecule has 1 rings (SSSR count). The first-order valence-electron chi connectivity index (χ1n) is 4.77. The van der Waals surface area contributed by atoms with Gasteiger partial charge in [-0.1, -0.05) is 6.92 Å². The normalized spacial score (nSPS) is 12.3. The molecule has 14 heavy (non-hydrogen) atoms. The highest BCUT2D eigenvalue weighted by atomic mass is 79.9. The Labute approximate surface area is 93.8 Å². The first-order valence-corrected chi connectivity index (χ1v) is 5.56. The van der Waals surface area contributed by atoms with Crippen LogP contribution in [0.4, 0.5) is 5.69 Å². The Kier molecular flexibility index (Phi) is 4.26. The van der Waals surface area contributed by atoms with Crippen LogP contribution in [0.25, 0.3) is 0 Å². The summed E-state index contributed by atoms with van der Waals surface area (Å²) in [7, 11) is 1.67. The van der Waals surface area contributed by atoms with Crippen LogP contribution in [0.3, 0.4) is 0 Å². The lowest BCUT2D eigenvalue weighted by atomic mass is 10.2. The zero-order chi connectivity index (χ0) is 10.6. The van der Waals surface area contributed by atoms with Gasteiger partial charge in [-0.3, -0.25) is 0 Å². The minimum Gasteiger partial charge on any atom is -0.495 e. The van der Waals surface area contributed by atoms with Crippen molar-refractivity contribution in [3.8, 4) is 5.75 Å². The molecule has 1 atom stereocenters. The van der Waals surface area contributed by atoms with E-state index in [1.165, 1.54) is 0 Å². The van der Waals surface area contributed by atoms with E-state index in [1.807, 2.05) is 18.2 Å². The second kappa shape index (κ2) is 5.25. The minimum atomic E-state index is 0.487. The van der Waals surface area contributed by atoms with Crippen LogP contribution in [-0.2, 0) is 0 Å². The topological polar surface area (TPSA) is 21.3 Å². The molecule has 0 saturated carbocycles. The minimum absolute atomic E-state index is 0.487. The highest BCUT2D eigenvalue weighted by Gasteiger charge is 2.03. The zero-order valence-corrected chi connectivity index (χ0v) is 10.4. The summed E-state index contributed by atoms with van der Waals surface area (Å²) in [5, 5.41) is 3.39. The van der Waals surface area contributed by atoms with Crippen LogP contribution >= 0.6 is 15.9 Å². The maximum absolute atomic E-state index is 5.21. The van der Waals surface area contributed by atoms with Crippen molar-refractivity contribution in [1.82, 2.24) is 0 Å². The Morgan fingerprint density at radius 1 is 1.50 bits per heavy atom. The highest BCUT2D eigenvalue weighted by Crippen LogP contribution is 2.28. The smallest absolute Gasteiger partial charge is 0.135 e. The number of rotatable bonds is 4. The van der Waals surface area contributed by atoms with Gasteiger partial charge in [-0.05, 0) is 41.4 Å². The van der Waals surface area contributed by atoms with Crippen molar-refractivity contribution in [2.24, 2.45) is 0 Å². The molecule has 0 aliphatic carbocycles. The summed E-state index contributed by atoms with van der Waals surface area (Å²) in [5.41, 5.74) is 1.10. The molecule has 78 valence electrons. The molecule has 0 aliphatic rings. The molecular formula is C11H16BrNO. The zero-order valence-electron chi connectivity index (χ0n) is 8.80. The molecule has 1 aromatic rings. The van der Waals surface area contributed by atoms with Gasteiger partial charge in [0.25, 0.3) is 0 Å². The molecule has 0 unspecified atom stereocenters. The molecule has 0 aromatic heterocycles. The highest BCUT2D eigenvalue weighted by molar-refractivity contribution is 9.10. The third kappa shape index (κ3) is 2.91. The van der Waals surface area contributed by atoms with E-state index < -0.39 is 0 Å². The largest absolute Gasteiger partial charge is 0.495 e. The summed E-state index contributed by atoms with van der Waals surface area (Å²) in [6.45, 7) is 4.32. The number of halogens is 1. The molecule has 1 N–H and O–H groups in total. The summed E-state index contributed by atoms with van der Waals surface area (Å²) in [4.78, 5) is 0. The number of benzene rings is 1. The van der Waals surface area contributed by atoms with Crippen molar-refractivity contribution in [2.75, 3.05) is 12.4 Å². The summed E-state index contributed by atoms with van der Waals surface area (Å²) in [5.74, 6) is 0.860. The summed E-state index contributed by atoms with van der Waals surface area (Å²) >= 11 is 3.42. The van der Waals surface area contributed by atoms with Gasteiger partial charge in [0.1, 0.15) is 5.75 Å². The molecule has 0 fully saturated rings. The predicted molar refractivity (Wildman–Crippen MR) is 64.1 cm³/mol.